The lowest BCUT2D eigenvalue weighted by molar-refractivity contribution is 0.569. The summed E-state index contributed by atoms with van der Waals surface area (Å²) in [6.07, 6.45) is 4.23. The van der Waals surface area contributed by atoms with E-state index in [1.54, 1.807) is 0 Å². The van der Waals surface area contributed by atoms with Gasteiger partial charge in [0.15, 0.2) is 0 Å². The third kappa shape index (κ3) is 3.33. The zero-order valence-corrected chi connectivity index (χ0v) is 13.3. The third-order valence-electron chi connectivity index (χ3n) is 3.78. The van der Waals surface area contributed by atoms with Crippen LogP contribution in [0.15, 0.2) is 18.2 Å². The topological polar surface area (TPSA) is 49.4 Å². The van der Waals surface area contributed by atoms with Gasteiger partial charge in [0, 0.05) is 12.6 Å². The molecule has 4 nitrogen and oxygen atoms in total. The van der Waals surface area contributed by atoms with Crippen molar-refractivity contribution in [3.8, 4) is 0 Å². The van der Waals surface area contributed by atoms with Gasteiger partial charge in [-0.15, -0.1) is 0 Å². The molecule has 0 aliphatic carbocycles. The van der Waals surface area contributed by atoms with E-state index in [1.807, 2.05) is 12.1 Å². The molecule has 1 heterocycles. The van der Waals surface area contributed by atoms with Gasteiger partial charge in [-0.05, 0) is 49.9 Å². The largest absolute Gasteiger partial charge is 0.310 e. The molecule has 1 aromatic carbocycles. The normalized spacial score (nSPS) is 16.9. The molecule has 1 N–H and O–H groups in total. The quantitative estimate of drug-likeness (QED) is 0.908. The molecule has 0 fully saturated rings. The molecular weight excluding hydrogens is 272 g/mol. The second-order valence-corrected chi connectivity index (χ2v) is 7.41. The van der Waals surface area contributed by atoms with Crippen LogP contribution in [0.4, 0.5) is 5.69 Å². The van der Waals surface area contributed by atoms with E-state index in [0.717, 1.165) is 37.1 Å². The van der Waals surface area contributed by atoms with Crippen molar-refractivity contribution < 1.29 is 8.42 Å². The highest BCUT2D eigenvalue weighted by atomic mass is 32.2. The van der Waals surface area contributed by atoms with Gasteiger partial charge in [-0.3, -0.25) is 4.31 Å². The molecule has 1 unspecified atom stereocenters. The minimum Gasteiger partial charge on any atom is -0.310 e. The summed E-state index contributed by atoms with van der Waals surface area (Å²) in [6, 6.07) is 6.44. The van der Waals surface area contributed by atoms with Crippen molar-refractivity contribution in [2.45, 2.75) is 39.2 Å². The van der Waals surface area contributed by atoms with Crippen LogP contribution in [0.5, 0.6) is 0 Å². The summed E-state index contributed by atoms with van der Waals surface area (Å²) < 4.78 is 25.2. The maximum atomic E-state index is 11.8. The van der Waals surface area contributed by atoms with Crippen molar-refractivity contribution in [3.05, 3.63) is 29.3 Å². The number of nitrogens with zero attached hydrogens (tertiary/aromatic N) is 1. The molecule has 1 aliphatic heterocycles. The molecule has 0 amide bonds. The number of sulfonamides is 1. The molecule has 2 rings (SSSR count). The Hall–Kier alpha value is -1.07. The zero-order valence-electron chi connectivity index (χ0n) is 12.5. The molecule has 1 atom stereocenters. The summed E-state index contributed by atoms with van der Waals surface area (Å²) >= 11 is 0. The summed E-state index contributed by atoms with van der Waals surface area (Å²) in [4.78, 5) is 0. The highest BCUT2D eigenvalue weighted by molar-refractivity contribution is 7.92. The maximum absolute atomic E-state index is 11.8. The van der Waals surface area contributed by atoms with Crippen LogP contribution in [-0.4, -0.2) is 27.8 Å². The molecule has 0 spiro atoms. The molecule has 0 radical (unpaired) electrons. The van der Waals surface area contributed by atoms with Gasteiger partial charge in [0.05, 0.1) is 11.9 Å². The molecule has 1 aliphatic rings. The van der Waals surface area contributed by atoms with Gasteiger partial charge in [-0.2, -0.15) is 0 Å². The fraction of sp³-hybridized carbons (Fsp3) is 0.600. The van der Waals surface area contributed by atoms with E-state index in [2.05, 4.69) is 25.2 Å². The molecule has 0 aromatic heterocycles. The number of hydrogen-bond donors (Lipinski definition) is 1. The van der Waals surface area contributed by atoms with Crippen LogP contribution >= 0.6 is 0 Å². The number of benzene rings is 1. The molecule has 0 bridgehead atoms. The first-order valence-corrected chi connectivity index (χ1v) is 9.12. The van der Waals surface area contributed by atoms with Gasteiger partial charge in [-0.1, -0.05) is 19.1 Å². The number of nitrogens with one attached hydrogen (secondary N) is 1. The first-order chi connectivity index (χ1) is 9.43. The Balaban J connectivity index is 2.28. The van der Waals surface area contributed by atoms with E-state index in [1.165, 1.54) is 16.1 Å². The highest BCUT2D eigenvalue weighted by Crippen LogP contribution is 2.31. The lowest BCUT2D eigenvalue weighted by atomic mass is 9.98. The van der Waals surface area contributed by atoms with E-state index >= 15 is 0 Å². The highest BCUT2D eigenvalue weighted by Gasteiger charge is 2.24. The van der Waals surface area contributed by atoms with Crippen molar-refractivity contribution in [3.63, 3.8) is 0 Å². The van der Waals surface area contributed by atoms with E-state index in [4.69, 9.17) is 0 Å². The predicted octanol–water partition coefficient (Wildman–Crippen LogP) is 2.46. The monoisotopic (exact) mass is 296 g/mol. The Kier molecular flexibility index (Phi) is 4.70. The van der Waals surface area contributed by atoms with E-state index in [9.17, 15) is 8.42 Å². The van der Waals surface area contributed by atoms with Crippen LogP contribution < -0.4 is 9.62 Å². The van der Waals surface area contributed by atoms with Crippen molar-refractivity contribution in [2.24, 2.45) is 0 Å². The molecular formula is C15H24N2O2S. The number of anilines is 1. The van der Waals surface area contributed by atoms with Gasteiger partial charge < -0.3 is 5.32 Å². The second kappa shape index (κ2) is 6.14. The van der Waals surface area contributed by atoms with Crippen LogP contribution in [-0.2, 0) is 16.4 Å². The fourth-order valence-corrected chi connectivity index (χ4v) is 3.67. The van der Waals surface area contributed by atoms with Crippen molar-refractivity contribution in [1.29, 1.82) is 0 Å². The molecule has 112 valence electrons. The number of aryl methyl sites for hydroxylation is 1. The Morgan fingerprint density at radius 1 is 1.40 bits per heavy atom. The summed E-state index contributed by atoms with van der Waals surface area (Å²) in [5.41, 5.74) is 3.22. The molecule has 0 saturated carbocycles. The Bertz CT molecular complexity index is 569. The van der Waals surface area contributed by atoms with Crippen LogP contribution in [0, 0.1) is 0 Å². The van der Waals surface area contributed by atoms with E-state index in [-0.39, 0.29) is 0 Å². The minimum atomic E-state index is -3.17. The molecule has 20 heavy (non-hydrogen) atoms. The van der Waals surface area contributed by atoms with E-state index in [0.29, 0.717) is 12.6 Å². The van der Waals surface area contributed by atoms with Crippen LogP contribution in [0.2, 0.25) is 0 Å². The Labute approximate surface area is 122 Å². The van der Waals surface area contributed by atoms with Crippen LogP contribution in [0.25, 0.3) is 0 Å². The summed E-state index contributed by atoms with van der Waals surface area (Å²) in [5, 5.41) is 3.46. The second-order valence-electron chi connectivity index (χ2n) is 5.50. The summed E-state index contributed by atoms with van der Waals surface area (Å²) in [7, 11) is -3.17. The maximum Gasteiger partial charge on any atom is 0.232 e. The SMILES string of the molecule is CCCNC(C)c1ccc2c(c1)CCCN2S(C)(=O)=O. The first kappa shape index (κ1) is 15.3. The molecule has 0 saturated heterocycles. The van der Waals surface area contributed by atoms with Crippen molar-refractivity contribution in [2.75, 3.05) is 23.7 Å². The Morgan fingerprint density at radius 2 is 2.15 bits per heavy atom. The fourth-order valence-electron chi connectivity index (χ4n) is 2.68. The van der Waals surface area contributed by atoms with Crippen molar-refractivity contribution >= 4 is 15.7 Å². The third-order valence-corrected chi connectivity index (χ3v) is 4.96. The van der Waals surface area contributed by atoms with Gasteiger partial charge in [0.2, 0.25) is 10.0 Å². The van der Waals surface area contributed by atoms with E-state index < -0.39 is 10.0 Å². The average molecular weight is 296 g/mol. The standard InChI is InChI=1S/C15H24N2O2S/c1-4-9-16-12(2)13-7-8-15-14(11-13)6-5-10-17(15)20(3,18)19/h7-8,11-12,16H,4-6,9-10H2,1-3H3. The lowest BCUT2D eigenvalue weighted by Crippen LogP contribution is -2.34. The molecule has 1 aromatic rings. The first-order valence-electron chi connectivity index (χ1n) is 7.27. The predicted molar refractivity (Wildman–Crippen MR) is 83.7 cm³/mol. The number of rotatable bonds is 5. The smallest absolute Gasteiger partial charge is 0.232 e. The van der Waals surface area contributed by atoms with Crippen LogP contribution in [0.3, 0.4) is 0 Å². The average Bonchev–Trinajstić information content (AvgIpc) is 2.42. The number of fused-ring (bicyclic) bond motifs is 1. The zero-order chi connectivity index (χ0) is 14.8. The van der Waals surface area contributed by atoms with Gasteiger partial charge >= 0.3 is 0 Å². The van der Waals surface area contributed by atoms with Crippen LogP contribution in [0.1, 0.15) is 43.9 Å². The Morgan fingerprint density at radius 3 is 2.80 bits per heavy atom. The lowest BCUT2D eigenvalue weighted by Gasteiger charge is -2.30. The molecule has 5 heteroatoms. The van der Waals surface area contributed by atoms with Gasteiger partial charge in [0.1, 0.15) is 0 Å². The number of hydrogen-bond acceptors (Lipinski definition) is 3. The van der Waals surface area contributed by atoms with Gasteiger partial charge in [-0.25, -0.2) is 8.42 Å². The van der Waals surface area contributed by atoms with Gasteiger partial charge in [0.25, 0.3) is 0 Å². The minimum absolute atomic E-state index is 0.300. The van der Waals surface area contributed by atoms with Crippen molar-refractivity contribution in [1.82, 2.24) is 5.32 Å². The summed E-state index contributed by atoms with van der Waals surface area (Å²) in [6.45, 7) is 5.88. The summed E-state index contributed by atoms with van der Waals surface area (Å²) in [5.74, 6) is 0.